The van der Waals surface area contributed by atoms with Gasteiger partial charge in [0.2, 0.25) is 10.0 Å². The fourth-order valence-corrected chi connectivity index (χ4v) is 1.89. The lowest BCUT2D eigenvalue weighted by atomic mass is 10.1. The molecule has 0 bridgehead atoms. The third kappa shape index (κ3) is 4.65. The van der Waals surface area contributed by atoms with Gasteiger partial charge in [-0.25, -0.2) is 8.42 Å². The first-order valence-electron chi connectivity index (χ1n) is 5.63. The van der Waals surface area contributed by atoms with Crippen LogP contribution < -0.4 is 10.0 Å². The average Bonchev–Trinajstić information content (AvgIpc) is 2.18. The molecule has 0 amide bonds. The van der Waals surface area contributed by atoms with Gasteiger partial charge in [0.1, 0.15) is 0 Å². The highest BCUT2D eigenvalue weighted by Crippen LogP contribution is 2.23. The summed E-state index contributed by atoms with van der Waals surface area (Å²) in [5, 5.41) is 3.31. The van der Waals surface area contributed by atoms with Crippen LogP contribution in [0.1, 0.15) is 20.8 Å². The third-order valence-corrected chi connectivity index (χ3v) is 3.20. The molecule has 4 nitrogen and oxygen atoms in total. The van der Waals surface area contributed by atoms with Gasteiger partial charge in [-0.15, -0.1) is 0 Å². The predicted molar refractivity (Wildman–Crippen MR) is 72.8 cm³/mol. The Labute approximate surface area is 103 Å². The molecule has 1 rings (SSSR count). The molecule has 0 aliphatic heterocycles. The highest BCUT2D eigenvalue weighted by atomic mass is 32.2. The quantitative estimate of drug-likeness (QED) is 0.851. The van der Waals surface area contributed by atoms with E-state index in [4.69, 9.17) is 0 Å². The van der Waals surface area contributed by atoms with Crippen molar-refractivity contribution in [2.45, 2.75) is 26.8 Å². The Kier molecular flexibility index (Phi) is 4.40. The van der Waals surface area contributed by atoms with Crippen molar-refractivity contribution in [2.75, 3.05) is 16.3 Å². The highest BCUT2D eigenvalue weighted by molar-refractivity contribution is 7.92. The summed E-state index contributed by atoms with van der Waals surface area (Å²) in [6.07, 6.45) is 1.15. The summed E-state index contributed by atoms with van der Waals surface area (Å²) in [6.45, 7) is 6.30. The number of benzene rings is 1. The standard InChI is InChI=1S/C12H20N2O2S/c1-9(2)10(3)13-11-7-5-6-8-12(11)14-17(4,15)16/h5-10,13-14H,1-4H3. The van der Waals surface area contributed by atoms with E-state index in [-0.39, 0.29) is 6.04 Å². The van der Waals surface area contributed by atoms with Crippen LogP contribution in [0.4, 0.5) is 11.4 Å². The lowest BCUT2D eigenvalue weighted by Gasteiger charge is -2.21. The maximum Gasteiger partial charge on any atom is 0.229 e. The number of rotatable bonds is 5. The summed E-state index contributed by atoms with van der Waals surface area (Å²) in [7, 11) is -3.25. The second-order valence-electron chi connectivity index (χ2n) is 4.60. The first-order valence-corrected chi connectivity index (χ1v) is 7.52. The van der Waals surface area contributed by atoms with Crippen LogP contribution in [-0.4, -0.2) is 20.7 Å². The van der Waals surface area contributed by atoms with Gasteiger partial charge < -0.3 is 5.32 Å². The molecule has 96 valence electrons. The monoisotopic (exact) mass is 256 g/mol. The lowest BCUT2D eigenvalue weighted by Crippen LogP contribution is -2.22. The fraction of sp³-hybridized carbons (Fsp3) is 0.500. The van der Waals surface area contributed by atoms with E-state index in [0.717, 1.165) is 11.9 Å². The number of sulfonamides is 1. The van der Waals surface area contributed by atoms with Gasteiger partial charge in [0, 0.05) is 6.04 Å². The van der Waals surface area contributed by atoms with Crippen molar-refractivity contribution in [3.8, 4) is 0 Å². The van der Waals surface area contributed by atoms with Gasteiger partial charge in [-0.3, -0.25) is 4.72 Å². The van der Waals surface area contributed by atoms with Crippen LogP contribution in [0.5, 0.6) is 0 Å². The van der Waals surface area contributed by atoms with Crippen molar-refractivity contribution < 1.29 is 8.42 Å². The summed E-state index contributed by atoms with van der Waals surface area (Å²) in [5.74, 6) is 0.473. The largest absolute Gasteiger partial charge is 0.381 e. The zero-order chi connectivity index (χ0) is 13.1. The van der Waals surface area contributed by atoms with E-state index in [0.29, 0.717) is 11.6 Å². The maximum atomic E-state index is 11.2. The zero-order valence-electron chi connectivity index (χ0n) is 10.7. The molecule has 0 spiro atoms. The van der Waals surface area contributed by atoms with E-state index in [9.17, 15) is 8.42 Å². The number of nitrogens with one attached hydrogen (secondary N) is 2. The van der Waals surface area contributed by atoms with Crippen LogP contribution >= 0.6 is 0 Å². The van der Waals surface area contributed by atoms with E-state index in [1.54, 1.807) is 12.1 Å². The molecule has 2 N–H and O–H groups in total. The third-order valence-electron chi connectivity index (χ3n) is 2.61. The number of para-hydroxylation sites is 2. The van der Waals surface area contributed by atoms with Crippen LogP contribution in [0, 0.1) is 5.92 Å². The first kappa shape index (κ1) is 13.8. The second kappa shape index (κ2) is 5.40. The molecule has 0 heterocycles. The molecular formula is C12H20N2O2S. The minimum absolute atomic E-state index is 0.275. The predicted octanol–water partition coefficient (Wildman–Crippen LogP) is 2.51. The Balaban J connectivity index is 2.92. The smallest absolute Gasteiger partial charge is 0.229 e. The Hall–Kier alpha value is -1.23. The first-order chi connectivity index (χ1) is 7.79. The molecule has 17 heavy (non-hydrogen) atoms. The van der Waals surface area contributed by atoms with Crippen molar-refractivity contribution in [1.82, 2.24) is 0 Å². The van der Waals surface area contributed by atoms with Crippen LogP contribution in [0.15, 0.2) is 24.3 Å². The molecule has 5 heteroatoms. The molecule has 1 aromatic carbocycles. The van der Waals surface area contributed by atoms with Crippen molar-refractivity contribution in [1.29, 1.82) is 0 Å². The Morgan fingerprint density at radius 3 is 2.06 bits per heavy atom. The molecule has 0 saturated heterocycles. The van der Waals surface area contributed by atoms with E-state index >= 15 is 0 Å². The van der Waals surface area contributed by atoms with Crippen LogP contribution in [0.2, 0.25) is 0 Å². The number of anilines is 2. The highest BCUT2D eigenvalue weighted by Gasteiger charge is 2.11. The molecule has 0 aromatic heterocycles. The molecular weight excluding hydrogens is 236 g/mol. The fourth-order valence-electron chi connectivity index (χ4n) is 1.31. The molecule has 1 atom stereocenters. The second-order valence-corrected chi connectivity index (χ2v) is 6.35. The van der Waals surface area contributed by atoms with Gasteiger partial charge in [-0.05, 0) is 25.0 Å². The molecule has 1 unspecified atom stereocenters. The van der Waals surface area contributed by atoms with Gasteiger partial charge in [0.15, 0.2) is 0 Å². The van der Waals surface area contributed by atoms with Crippen LogP contribution in [-0.2, 0) is 10.0 Å². The van der Waals surface area contributed by atoms with Crippen molar-refractivity contribution >= 4 is 21.4 Å². The molecule has 0 fully saturated rings. The summed E-state index contributed by atoms with van der Waals surface area (Å²) in [6, 6.07) is 7.57. The lowest BCUT2D eigenvalue weighted by molar-refractivity contribution is 0.560. The SMILES string of the molecule is CC(C)C(C)Nc1ccccc1NS(C)(=O)=O. The van der Waals surface area contributed by atoms with E-state index in [1.807, 2.05) is 12.1 Å². The van der Waals surface area contributed by atoms with Crippen LogP contribution in [0.25, 0.3) is 0 Å². The van der Waals surface area contributed by atoms with Crippen molar-refractivity contribution in [2.24, 2.45) is 5.92 Å². The topological polar surface area (TPSA) is 58.2 Å². The minimum Gasteiger partial charge on any atom is -0.381 e. The minimum atomic E-state index is -3.25. The summed E-state index contributed by atoms with van der Waals surface area (Å²) < 4.78 is 25.0. The van der Waals surface area contributed by atoms with Gasteiger partial charge in [0.25, 0.3) is 0 Å². The molecule has 0 aliphatic carbocycles. The zero-order valence-corrected chi connectivity index (χ0v) is 11.5. The Morgan fingerprint density at radius 1 is 1.06 bits per heavy atom. The summed E-state index contributed by atoms with van der Waals surface area (Å²) >= 11 is 0. The van der Waals surface area contributed by atoms with Crippen molar-refractivity contribution in [3.63, 3.8) is 0 Å². The molecule has 1 aromatic rings. The molecule has 0 radical (unpaired) electrons. The molecule has 0 aliphatic rings. The van der Waals surface area contributed by atoms with Crippen molar-refractivity contribution in [3.05, 3.63) is 24.3 Å². The van der Waals surface area contributed by atoms with E-state index < -0.39 is 10.0 Å². The van der Waals surface area contributed by atoms with E-state index in [1.165, 1.54) is 0 Å². The van der Waals surface area contributed by atoms with Gasteiger partial charge in [0.05, 0.1) is 17.6 Å². The average molecular weight is 256 g/mol. The Bertz CT molecular complexity index is 469. The summed E-state index contributed by atoms with van der Waals surface area (Å²) in [5.41, 5.74) is 1.39. The summed E-state index contributed by atoms with van der Waals surface area (Å²) in [4.78, 5) is 0. The van der Waals surface area contributed by atoms with Gasteiger partial charge in [-0.2, -0.15) is 0 Å². The molecule has 0 saturated carbocycles. The van der Waals surface area contributed by atoms with Gasteiger partial charge in [-0.1, -0.05) is 26.0 Å². The maximum absolute atomic E-state index is 11.2. The van der Waals surface area contributed by atoms with E-state index in [2.05, 4.69) is 30.8 Å². The Morgan fingerprint density at radius 2 is 1.59 bits per heavy atom. The van der Waals surface area contributed by atoms with Crippen LogP contribution in [0.3, 0.4) is 0 Å². The number of hydrogen-bond donors (Lipinski definition) is 2. The van der Waals surface area contributed by atoms with Gasteiger partial charge >= 0.3 is 0 Å². The normalized spacial score (nSPS) is 13.5. The number of hydrogen-bond acceptors (Lipinski definition) is 3.